The summed E-state index contributed by atoms with van der Waals surface area (Å²) in [5.41, 5.74) is 14.6. The molecule has 0 N–H and O–H groups in total. The van der Waals surface area contributed by atoms with E-state index >= 15 is 0 Å². The van der Waals surface area contributed by atoms with Crippen molar-refractivity contribution in [2.45, 2.75) is 17.8 Å². The maximum Gasteiger partial charge on any atom is 0.132 e. The molecule has 0 radical (unpaired) electrons. The van der Waals surface area contributed by atoms with Crippen molar-refractivity contribution in [1.82, 2.24) is 4.57 Å². The highest BCUT2D eigenvalue weighted by Gasteiger charge is 2.53. The second kappa shape index (κ2) is 10.8. The Morgan fingerprint density at radius 1 is 0.569 bits per heavy atom. The van der Waals surface area contributed by atoms with E-state index < -0.39 is 5.41 Å². The van der Waals surface area contributed by atoms with E-state index in [1.54, 1.807) is 0 Å². The fraction of sp³-hybridized carbons (Fsp3) is 0.0612. The number of ether oxygens (including phenoxy) is 1. The first-order chi connectivity index (χ1) is 25.3. The van der Waals surface area contributed by atoms with Gasteiger partial charge >= 0.3 is 0 Å². The van der Waals surface area contributed by atoms with E-state index in [0.717, 1.165) is 17.9 Å². The molecule has 11 rings (SSSR count). The van der Waals surface area contributed by atoms with Gasteiger partial charge < -0.3 is 9.30 Å². The Kier molecular flexibility index (Phi) is 6.03. The lowest BCUT2D eigenvalue weighted by Crippen LogP contribution is -2.36. The molecule has 51 heavy (non-hydrogen) atoms. The van der Waals surface area contributed by atoms with Crippen LogP contribution < -0.4 is 4.74 Å². The molecule has 1 aromatic heterocycles. The Hall–Kier alpha value is -6.38. The zero-order valence-electron chi connectivity index (χ0n) is 28.0. The van der Waals surface area contributed by atoms with Crippen LogP contribution in [0, 0.1) is 0 Å². The molecule has 8 aromatic rings. The molecule has 0 saturated carbocycles. The van der Waals surface area contributed by atoms with Crippen LogP contribution in [0.2, 0.25) is 0 Å². The third-order valence-corrected chi connectivity index (χ3v) is 11.4. The largest absolute Gasteiger partial charge is 0.457 e. The van der Waals surface area contributed by atoms with Crippen molar-refractivity contribution in [2.75, 3.05) is 0 Å². The molecular weight excluding hydrogens is 619 g/mol. The maximum atomic E-state index is 6.94. The number of fused-ring (bicyclic) bond motifs is 12. The lowest BCUT2D eigenvalue weighted by atomic mass is 9.62. The van der Waals surface area contributed by atoms with Crippen molar-refractivity contribution in [3.05, 3.63) is 216 Å². The summed E-state index contributed by atoms with van der Waals surface area (Å²) in [5, 5.41) is 2.53. The Bertz CT molecular complexity index is 2740. The van der Waals surface area contributed by atoms with Crippen molar-refractivity contribution in [3.63, 3.8) is 0 Å². The van der Waals surface area contributed by atoms with Gasteiger partial charge in [0.1, 0.15) is 11.5 Å². The summed E-state index contributed by atoms with van der Waals surface area (Å²) in [6.07, 6.45) is 5.44. The van der Waals surface area contributed by atoms with E-state index in [0.29, 0.717) is 0 Å². The van der Waals surface area contributed by atoms with Crippen LogP contribution >= 0.6 is 0 Å². The second-order valence-electron chi connectivity index (χ2n) is 14.0. The standard InChI is InChI=1S/C49H33NO/c1-4-14-32(15-5-1)34-24-28-45-42(30-34)49(43-31-35(25-29-46(43)51-45)33-16-6-2-7-17-33)40-22-12-10-21-39(40)47-41(49)27-26-38-37-20-11-13-23-44(37)50(48(38)47)36-18-8-3-9-19-36/h1-30,35H,31H2. The van der Waals surface area contributed by atoms with Crippen molar-refractivity contribution in [1.29, 1.82) is 0 Å². The summed E-state index contributed by atoms with van der Waals surface area (Å²) in [5.74, 6) is 2.12. The zero-order chi connectivity index (χ0) is 33.5. The molecular formula is C49H33NO. The number of para-hydroxylation sites is 2. The van der Waals surface area contributed by atoms with Crippen LogP contribution in [0.15, 0.2) is 193 Å². The minimum atomic E-state index is -0.552. The number of hydrogen-bond donors (Lipinski definition) is 0. The summed E-state index contributed by atoms with van der Waals surface area (Å²) in [7, 11) is 0. The van der Waals surface area contributed by atoms with E-state index in [4.69, 9.17) is 4.74 Å². The summed E-state index contributed by atoms with van der Waals surface area (Å²) in [4.78, 5) is 0. The van der Waals surface area contributed by atoms with Gasteiger partial charge in [0.05, 0.1) is 16.4 Å². The van der Waals surface area contributed by atoms with Gasteiger partial charge in [-0.25, -0.2) is 0 Å². The van der Waals surface area contributed by atoms with Gasteiger partial charge in [0.25, 0.3) is 0 Å². The topological polar surface area (TPSA) is 14.2 Å². The monoisotopic (exact) mass is 651 g/mol. The predicted octanol–water partition coefficient (Wildman–Crippen LogP) is 12.2. The molecule has 0 fully saturated rings. The SMILES string of the molecule is C1=CC(c2ccccc2)CC2=C1Oc1ccc(-c3ccccc3)cc1C21c2ccccc2-c2c1ccc1c3ccccc3n(-c3ccccc3)c21. The molecule has 2 atom stereocenters. The third kappa shape index (κ3) is 3.93. The third-order valence-electron chi connectivity index (χ3n) is 11.4. The Labute approximate surface area is 297 Å². The Morgan fingerprint density at radius 3 is 2.14 bits per heavy atom. The first-order valence-corrected chi connectivity index (χ1v) is 17.9. The molecule has 0 bridgehead atoms. The second-order valence-corrected chi connectivity index (χ2v) is 14.0. The highest BCUT2D eigenvalue weighted by atomic mass is 16.5. The van der Waals surface area contributed by atoms with Crippen LogP contribution in [0.5, 0.6) is 5.75 Å². The van der Waals surface area contributed by atoms with Crippen LogP contribution in [-0.4, -0.2) is 4.57 Å². The van der Waals surface area contributed by atoms with Crippen molar-refractivity contribution >= 4 is 21.8 Å². The average Bonchev–Trinajstić information content (AvgIpc) is 3.70. The maximum absolute atomic E-state index is 6.94. The molecule has 2 aliphatic carbocycles. The fourth-order valence-corrected chi connectivity index (χ4v) is 9.34. The normalized spacial score (nSPS) is 18.4. The lowest BCUT2D eigenvalue weighted by molar-refractivity contribution is 0.385. The first kappa shape index (κ1) is 28.5. The van der Waals surface area contributed by atoms with Crippen LogP contribution in [0.25, 0.3) is 49.7 Å². The van der Waals surface area contributed by atoms with Crippen molar-refractivity contribution < 1.29 is 4.74 Å². The molecule has 1 aliphatic heterocycles. The highest BCUT2D eigenvalue weighted by molar-refractivity contribution is 6.16. The number of benzene rings is 7. The van der Waals surface area contributed by atoms with E-state index in [2.05, 4.69) is 187 Å². The zero-order valence-corrected chi connectivity index (χ0v) is 28.0. The first-order valence-electron chi connectivity index (χ1n) is 17.9. The van der Waals surface area contributed by atoms with Gasteiger partial charge in [0.2, 0.25) is 0 Å². The molecule has 2 unspecified atom stereocenters. The smallest absolute Gasteiger partial charge is 0.132 e. The predicted molar refractivity (Wildman–Crippen MR) is 209 cm³/mol. The quantitative estimate of drug-likeness (QED) is 0.185. The highest BCUT2D eigenvalue weighted by Crippen LogP contribution is 2.64. The van der Waals surface area contributed by atoms with Gasteiger partial charge in [-0.1, -0.05) is 146 Å². The molecule has 2 nitrogen and oxygen atoms in total. The number of rotatable bonds is 3. The van der Waals surface area contributed by atoms with Gasteiger partial charge in [0.15, 0.2) is 0 Å². The fourth-order valence-electron chi connectivity index (χ4n) is 9.34. The minimum absolute atomic E-state index is 0.236. The number of allylic oxidation sites excluding steroid dienone is 3. The van der Waals surface area contributed by atoms with Crippen molar-refractivity contribution in [2.24, 2.45) is 0 Å². The summed E-state index contributed by atoms with van der Waals surface area (Å²) >= 11 is 0. The number of aromatic nitrogens is 1. The summed E-state index contributed by atoms with van der Waals surface area (Å²) in [6.45, 7) is 0. The average molecular weight is 652 g/mol. The van der Waals surface area contributed by atoms with Crippen LogP contribution in [0.3, 0.4) is 0 Å². The number of nitrogens with zero attached hydrogens (tertiary/aromatic N) is 1. The van der Waals surface area contributed by atoms with Crippen LogP contribution in [0.1, 0.15) is 34.6 Å². The van der Waals surface area contributed by atoms with Crippen molar-refractivity contribution in [3.8, 4) is 33.7 Å². The summed E-state index contributed by atoms with van der Waals surface area (Å²) < 4.78 is 9.43. The van der Waals surface area contributed by atoms with E-state index in [-0.39, 0.29) is 5.92 Å². The molecule has 240 valence electrons. The summed E-state index contributed by atoms with van der Waals surface area (Å²) in [6, 6.07) is 62.2. The molecule has 0 amide bonds. The van der Waals surface area contributed by atoms with Gasteiger partial charge in [-0.15, -0.1) is 0 Å². The van der Waals surface area contributed by atoms with Gasteiger partial charge in [-0.05, 0) is 81.8 Å². The van der Waals surface area contributed by atoms with Crippen LogP contribution in [-0.2, 0) is 5.41 Å². The minimum Gasteiger partial charge on any atom is -0.457 e. The molecule has 2 heterocycles. The van der Waals surface area contributed by atoms with Gasteiger partial charge in [-0.2, -0.15) is 0 Å². The van der Waals surface area contributed by atoms with E-state index in [1.807, 2.05) is 0 Å². The number of hydrogen-bond acceptors (Lipinski definition) is 1. The molecule has 7 aromatic carbocycles. The van der Waals surface area contributed by atoms with Gasteiger partial charge in [0, 0.05) is 33.5 Å². The molecule has 1 spiro atoms. The van der Waals surface area contributed by atoms with Gasteiger partial charge in [-0.3, -0.25) is 0 Å². The lowest BCUT2D eigenvalue weighted by Gasteiger charge is -2.43. The van der Waals surface area contributed by atoms with Crippen LogP contribution in [0.4, 0.5) is 0 Å². The Balaban J connectivity index is 1.28. The molecule has 0 saturated heterocycles. The Morgan fingerprint density at radius 2 is 1.29 bits per heavy atom. The van der Waals surface area contributed by atoms with E-state index in [1.165, 1.54) is 77.6 Å². The molecule has 2 heteroatoms. The van der Waals surface area contributed by atoms with E-state index in [9.17, 15) is 0 Å². The molecule has 3 aliphatic rings.